The summed E-state index contributed by atoms with van der Waals surface area (Å²) in [6.07, 6.45) is 1.57. The molecule has 0 saturated carbocycles. The Morgan fingerprint density at radius 2 is 2.18 bits per heavy atom. The normalized spacial score (nSPS) is 11.9. The van der Waals surface area contributed by atoms with Crippen LogP contribution in [0.2, 0.25) is 0 Å². The maximum atomic E-state index is 11.5. The monoisotopic (exact) mass is 299 g/mol. The third-order valence-corrected chi connectivity index (χ3v) is 3.59. The summed E-state index contributed by atoms with van der Waals surface area (Å²) in [6.45, 7) is 2.60. The number of para-hydroxylation sites is 1. The minimum atomic E-state index is -0.0971. The molecule has 0 aromatic heterocycles. The van der Waals surface area contributed by atoms with E-state index in [1.54, 1.807) is 7.11 Å². The number of carbonyl (C=O) groups is 1. The lowest BCUT2D eigenvalue weighted by atomic mass is 10.1. The Labute approximate surface area is 111 Å². The van der Waals surface area contributed by atoms with E-state index in [4.69, 9.17) is 4.74 Å². The van der Waals surface area contributed by atoms with Crippen LogP contribution in [0.3, 0.4) is 0 Å². The van der Waals surface area contributed by atoms with Crippen LogP contribution in [0.15, 0.2) is 24.3 Å². The average Bonchev–Trinajstić information content (AvgIpc) is 2.38. The molecule has 1 unspecified atom stereocenters. The second-order valence-corrected chi connectivity index (χ2v) is 4.83. The number of carbonyl (C=O) groups excluding carboxylic acids is 1. The molecular formula is C13H18BrNO2. The molecule has 0 saturated heterocycles. The van der Waals surface area contributed by atoms with Crippen molar-refractivity contribution >= 4 is 21.8 Å². The molecule has 1 atom stereocenters. The molecule has 0 aliphatic rings. The summed E-state index contributed by atoms with van der Waals surface area (Å²) in [7, 11) is 1.66. The summed E-state index contributed by atoms with van der Waals surface area (Å²) >= 11 is 3.32. The summed E-state index contributed by atoms with van der Waals surface area (Å²) in [5, 5.41) is 2.89. The van der Waals surface area contributed by atoms with E-state index < -0.39 is 0 Å². The van der Waals surface area contributed by atoms with E-state index in [-0.39, 0.29) is 10.7 Å². The van der Waals surface area contributed by atoms with Crippen LogP contribution < -0.4 is 10.1 Å². The molecule has 0 bridgehead atoms. The number of alkyl halides is 1. The predicted octanol–water partition coefficient (Wildman–Crippen LogP) is 2.53. The molecule has 17 heavy (non-hydrogen) atoms. The van der Waals surface area contributed by atoms with Crippen LogP contribution in [0.25, 0.3) is 0 Å². The van der Waals surface area contributed by atoms with Gasteiger partial charge in [0, 0.05) is 6.54 Å². The van der Waals surface area contributed by atoms with Crippen molar-refractivity contribution < 1.29 is 9.53 Å². The van der Waals surface area contributed by atoms with Gasteiger partial charge in [0.15, 0.2) is 0 Å². The second-order valence-electron chi connectivity index (χ2n) is 3.73. The van der Waals surface area contributed by atoms with E-state index in [0.29, 0.717) is 6.54 Å². The zero-order valence-corrected chi connectivity index (χ0v) is 11.8. The Morgan fingerprint density at radius 3 is 2.82 bits per heavy atom. The molecule has 1 aromatic carbocycles. The zero-order chi connectivity index (χ0) is 12.7. The molecule has 94 valence electrons. The van der Waals surface area contributed by atoms with Gasteiger partial charge in [-0.05, 0) is 24.5 Å². The van der Waals surface area contributed by atoms with Gasteiger partial charge in [-0.1, -0.05) is 41.1 Å². The second kappa shape index (κ2) is 7.33. The summed E-state index contributed by atoms with van der Waals surface area (Å²) in [6, 6.07) is 7.85. The number of nitrogens with one attached hydrogen (secondary N) is 1. The molecule has 1 rings (SSSR count). The maximum Gasteiger partial charge on any atom is 0.233 e. The van der Waals surface area contributed by atoms with Gasteiger partial charge in [-0.25, -0.2) is 0 Å². The van der Waals surface area contributed by atoms with Gasteiger partial charge in [0.2, 0.25) is 5.91 Å². The van der Waals surface area contributed by atoms with E-state index in [1.165, 1.54) is 0 Å². The fourth-order valence-corrected chi connectivity index (χ4v) is 1.69. The van der Waals surface area contributed by atoms with E-state index in [1.807, 2.05) is 31.2 Å². The van der Waals surface area contributed by atoms with Crippen molar-refractivity contribution in [3.8, 4) is 5.75 Å². The van der Waals surface area contributed by atoms with Gasteiger partial charge in [0.1, 0.15) is 5.75 Å². The minimum absolute atomic E-state index is 0.0439. The molecule has 0 aliphatic carbocycles. The minimum Gasteiger partial charge on any atom is -0.496 e. The lowest BCUT2D eigenvalue weighted by Gasteiger charge is -2.10. The van der Waals surface area contributed by atoms with Gasteiger partial charge in [-0.2, -0.15) is 0 Å². The number of rotatable bonds is 6. The van der Waals surface area contributed by atoms with Crippen molar-refractivity contribution in [3.63, 3.8) is 0 Å². The van der Waals surface area contributed by atoms with Crippen LogP contribution >= 0.6 is 15.9 Å². The lowest BCUT2D eigenvalue weighted by molar-refractivity contribution is -0.120. The molecule has 3 nitrogen and oxygen atoms in total. The Balaban J connectivity index is 2.43. The highest BCUT2D eigenvalue weighted by Gasteiger charge is 2.11. The number of ether oxygens (including phenoxy) is 1. The van der Waals surface area contributed by atoms with Crippen molar-refractivity contribution in [1.29, 1.82) is 0 Å². The van der Waals surface area contributed by atoms with Gasteiger partial charge in [-0.3, -0.25) is 4.79 Å². The van der Waals surface area contributed by atoms with Gasteiger partial charge in [0.25, 0.3) is 0 Å². The van der Waals surface area contributed by atoms with Gasteiger partial charge in [0.05, 0.1) is 11.9 Å². The molecule has 0 aliphatic heterocycles. The third kappa shape index (κ3) is 4.38. The van der Waals surface area contributed by atoms with Gasteiger partial charge >= 0.3 is 0 Å². The van der Waals surface area contributed by atoms with Crippen LogP contribution in [-0.2, 0) is 11.2 Å². The Hall–Kier alpha value is -1.03. The van der Waals surface area contributed by atoms with Gasteiger partial charge in [-0.15, -0.1) is 0 Å². The number of amides is 1. The van der Waals surface area contributed by atoms with E-state index >= 15 is 0 Å². The molecule has 0 spiro atoms. The summed E-state index contributed by atoms with van der Waals surface area (Å²) in [4.78, 5) is 11.4. The first-order valence-corrected chi connectivity index (χ1v) is 6.64. The number of benzene rings is 1. The van der Waals surface area contributed by atoms with E-state index in [9.17, 15) is 4.79 Å². The molecule has 0 heterocycles. The topological polar surface area (TPSA) is 38.3 Å². The molecule has 4 heteroatoms. The molecule has 1 N–H and O–H groups in total. The quantitative estimate of drug-likeness (QED) is 0.820. The molecular weight excluding hydrogens is 282 g/mol. The highest BCUT2D eigenvalue weighted by atomic mass is 79.9. The first-order chi connectivity index (χ1) is 8.19. The standard InChI is InChI=1S/C13H18BrNO2/c1-3-11(14)13(16)15-9-8-10-6-4-5-7-12(10)17-2/h4-7,11H,3,8-9H2,1-2H3,(H,15,16). The first-order valence-electron chi connectivity index (χ1n) is 5.72. The Morgan fingerprint density at radius 1 is 1.47 bits per heavy atom. The first kappa shape index (κ1) is 14.0. The average molecular weight is 300 g/mol. The molecule has 1 aromatic rings. The fraction of sp³-hybridized carbons (Fsp3) is 0.462. The molecule has 0 fully saturated rings. The molecule has 1 amide bonds. The third-order valence-electron chi connectivity index (χ3n) is 2.53. The van der Waals surface area contributed by atoms with Crippen LogP contribution in [0, 0.1) is 0 Å². The maximum absolute atomic E-state index is 11.5. The predicted molar refractivity (Wildman–Crippen MR) is 72.7 cm³/mol. The summed E-state index contributed by atoms with van der Waals surface area (Å²) in [5.74, 6) is 0.912. The van der Waals surface area contributed by atoms with E-state index in [2.05, 4.69) is 21.2 Å². The number of hydrogen-bond acceptors (Lipinski definition) is 2. The number of halogens is 1. The van der Waals surface area contributed by atoms with Crippen LogP contribution in [0.5, 0.6) is 5.75 Å². The van der Waals surface area contributed by atoms with Crippen LogP contribution in [0.1, 0.15) is 18.9 Å². The van der Waals surface area contributed by atoms with Gasteiger partial charge < -0.3 is 10.1 Å². The van der Waals surface area contributed by atoms with Crippen LogP contribution in [0.4, 0.5) is 0 Å². The molecule has 0 radical (unpaired) electrons. The van der Waals surface area contributed by atoms with E-state index in [0.717, 1.165) is 24.2 Å². The van der Waals surface area contributed by atoms with Crippen molar-refractivity contribution in [2.45, 2.75) is 24.6 Å². The Kier molecular flexibility index (Phi) is 6.05. The van der Waals surface area contributed by atoms with Crippen molar-refractivity contribution in [3.05, 3.63) is 29.8 Å². The SMILES string of the molecule is CCC(Br)C(=O)NCCc1ccccc1OC. The highest BCUT2D eigenvalue weighted by molar-refractivity contribution is 9.10. The zero-order valence-electron chi connectivity index (χ0n) is 10.2. The van der Waals surface area contributed by atoms with Crippen LogP contribution in [-0.4, -0.2) is 24.4 Å². The number of methoxy groups -OCH3 is 1. The fourth-order valence-electron chi connectivity index (χ4n) is 1.53. The summed E-state index contributed by atoms with van der Waals surface area (Å²) in [5.41, 5.74) is 1.11. The highest BCUT2D eigenvalue weighted by Crippen LogP contribution is 2.17. The van der Waals surface area contributed by atoms with Crippen molar-refractivity contribution in [1.82, 2.24) is 5.32 Å². The van der Waals surface area contributed by atoms with Crippen molar-refractivity contribution in [2.24, 2.45) is 0 Å². The summed E-state index contributed by atoms with van der Waals surface area (Å²) < 4.78 is 5.25. The Bertz CT molecular complexity index is 368. The lowest BCUT2D eigenvalue weighted by Crippen LogP contribution is -2.32. The van der Waals surface area contributed by atoms with Crippen molar-refractivity contribution in [2.75, 3.05) is 13.7 Å². The smallest absolute Gasteiger partial charge is 0.233 e. The largest absolute Gasteiger partial charge is 0.496 e. The number of hydrogen-bond donors (Lipinski definition) is 1.